The summed E-state index contributed by atoms with van der Waals surface area (Å²) in [7, 11) is 0. The van der Waals surface area contributed by atoms with Crippen LogP contribution in [-0.4, -0.2) is 48.6 Å². The van der Waals surface area contributed by atoms with Crippen LogP contribution in [0.1, 0.15) is 17.2 Å². The number of pyridine rings is 1. The Morgan fingerprint density at radius 2 is 2.09 bits per heavy atom. The lowest BCUT2D eigenvalue weighted by molar-refractivity contribution is -0.120. The second kappa shape index (κ2) is 8.19. The van der Waals surface area contributed by atoms with E-state index in [0.717, 1.165) is 31.9 Å². The van der Waals surface area contributed by atoms with Gasteiger partial charge < -0.3 is 10.1 Å². The van der Waals surface area contributed by atoms with Crippen molar-refractivity contribution in [1.29, 1.82) is 0 Å². The summed E-state index contributed by atoms with van der Waals surface area (Å²) in [6.07, 6.45) is 4.04. The number of amides is 1. The number of hydrogen-bond acceptors (Lipinski definition) is 5. The van der Waals surface area contributed by atoms with E-state index in [2.05, 4.69) is 15.2 Å². The minimum atomic E-state index is 0.0655. The Labute approximate surface area is 140 Å². The molecule has 6 heteroatoms. The zero-order chi connectivity index (χ0) is 15.9. The van der Waals surface area contributed by atoms with Gasteiger partial charge in [-0.2, -0.15) is 11.3 Å². The number of morpholine rings is 1. The lowest BCUT2D eigenvalue weighted by Gasteiger charge is -2.34. The van der Waals surface area contributed by atoms with Gasteiger partial charge in [0.2, 0.25) is 5.91 Å². The van der Waals surface area contributed by atoms with Gasteiger partial charge in [0.05, 0.1) is 25.7 Å². The van der Waals surface area contributed by atoms with Crippen molar-refractivity contribution in [1.82, 2.24) is 15.2 Å². The van der Waals surface area contributed by atoms with E-state index in [4.69, 9.17) is 4.74 Å². The zero-order valence-electron chi connectivity index (χ0n) is 13.0. The molecular formula is C17H21N3O2S. The second-order valence-electron chi connectivity index (χ2n) is 5.56. The highest BCUT2D eigenvalue weighted by Crippen LogP contribution is 2.20. The van der Waals surface area contributed by atoms with Gasteiger partial charge in [-0.25, -0.2) is 0 Å². The molecule has 1 aliphatic rings. The summed E-state index contributed by atoms with van der Waals surface area (Å²) in [5.74, 6) is 0.0655. The lowest BCUT2D eigenvalue weighted by atomic mass is 10.1. The van der Waals surface area contributed by atoms with Crippen LogP contribution in [0.15, 0.2) is 41.4 Å². The van der Waals surface area contributed by atoms with Crippen LogP contribution in [-0.2, 0) is 16.0 Å². The maximum Gasteiger partial charge on any atom is 0.224 e. The molecule has 0 spiro atoms. The highest BCUT2D eigenvalue weighted by molar-refractivity contribution is 7.07. The van der Waals surface area contributed by atoms with Crippen LogP contribution < -0.4 is 5.32 Å². The average Bonchev–Trinajstić information content (AvgIpc) is 3.10. The van der Waals surface area contributed by atoms with Gasteiger partial charge in [0.25, 0.3) is 0 Å². The predicted octanol–water partition coefficient (Wildman–Crippen LogP) is 1.88. The van der Waals surface area contributed by atoms with Crippen LogP contribution in [0.4, 0.5) is 0 Å². The molecule has 23 heavy (non-hydrogen) atoms. The molecule has 0 saturated carbocycles. The molecule has 0 unspecified atom stereocenters. The first kappa shape index (κ1) is 16.1. The van der Waals surface area contributed by atoms with Gasteiger partial charge in [-0.1, -0.05) is 0 Å². The third-order valence-corrected chi connectivity index (χ3v) is 4.75. The molecule has 1 fully saturated rings. The summed E-state index contributed by atoms with van der Waals surface area (Å²) in [6, 6.07) is 6.19. The molecule has 2 aromatic rings. The third kappa shape index (κ3) is 4.60. The standard InChI is InChI=1S/C17H21N3O2S/c21-17(11-14-3-10-23-13-14)19-12-16(15-1-4-18-5-2-15)20-6-8-22-9-7-20/h1-5,10,13,16H,6-9,11-12H2,(H,19,21)/t16-/m1/s1. The number of hydrogen-bond donors (Lipinski definition) is 1. The van der Waals surface area contributed by atoms with E-state index in [9.17, 15) is 4.79 Å². The molecule has 2 aromatic heterocycles. The molecule has 0 bridgehead atoms. The first-order chi connectivity index (χ1) is 11.3. The van der Waals surface area contributed by atoms with Gasteiger partial charge in [0.1, 0.15) is 0 Å². The van der Waals surface area contributed by atoms with E-state index in [0.29, 0.717) is 13.0 Å². The SMILES string of the molecule is O=C(Cc1ccsc1)NC[C@H](c1ccncc1)N1CCOCC1. The van der Waals surface area contributed by atoms with E-state index in [1.165, 1.54) is 5.56 Å². The number of ether oxygens (including phenoxy) is 1. The van der Waals surface area contributed by atoms with Crippen molar-refractivity contribution >= 4 is 17.2 Å². The minimum absolute atomic E-state index is 0.0655. The van der Waals surface area contributed by atoms with E-state index in [-0.39, 0.29) is 11.9 Å². The Balaban J connectivity index is 1.62. The molecule has 0 aromatic carbocycles. The molecule has 1 saturated heterocycles. The van der Waals surface area contributed by atoms with Gasteiger partial charge in [0.15, 0.2) is 0 Å². The Morgan fingerprint density at radius 1 is 1.30 bits per heavy atom. The van der Waals surface area contributed by atoms with Crippen LogP contribution in [0, 0.1) is 0 Å². The van der Waals surface area contributed by atoms with Gasteiger partial charge in [0, 0.05) is 32.0 Å². The van der Waals surface area contributed by atoms with E-state index in [1.54, 1.807) is 23.7 Å². The summed E-state index contributed by atoms with van der Waals surface area (Å²) in [5.41, 5.74) is 2.25. The number of carbonyl (C=O) groups is 1. The number of rotatable bonds is 6. The topological polar surface area (TPSA) is 54.5 Å². The fourth-order valence-corrected chi connectivity index (χ4v) is 3.45. The molecule has 1 amide bonds. The largest absolute Gasteiger partial charge is 0.379 e. The number of thiophene rings is 1. The molecule has 122 valence electrons. The quantitative estimate of drug-likeness (QED) is 0.878. The molecule has 1 aliphatic heterocycles. The van der Waals surface area contributed by atoms with Gasteiger partial charge in [-0.15, -0.1) is 0 Å². The van der Waals surface area contributed by atoms with Crippen molar-refractivity contribution in [2.45, 2.75) is 12.5 Å². The Bertz CT molecular complexity index is 598. The summed E-state index contributed by atoms with van der Waals surface area (Å²) in [5, 5.41) is 7.09. The monoisotopic (exact) mass is 331 g/mol. The molecule has 3 rings (SSSR count). The Kier molecular flexibility index (Phi) is 5.74. The van der Waals surface area contributed by atoms with Crippen molar-refractivity contribution in [2.75, 3.05) is 32.8 Å². The van der Waals surface area contributed by atoms with Crippen LogP contribution in [0.25, 0.3) is 0 Å². The molecule has 5 nitrogen and oxygen atoms in total. The van der Waals surface area contributed by atoms with Crippen molar-refractivity contribution in [3.05, 3.63) is 52.5 Å². The zero-order valence-corrected chi connectivity index (χ0v) is 13.8. The lowest BCUT2D eigenvalue weighted by Crippen LogP contribution is -2.44. The van der Waals surface area contributed by atoms with Gasteiger partial charge >= 0.3 is 0 Å². The summed E-state index contributed by atoms with van der Waals surface area (Å²) in [4.78, 5) is 18.6. The van der Waals surface area contributed by atoms with Crippen LogP contribution >= 0.6 is 11.3 Å². The third-order valence-electron chi connectivity index (χ3n) is 4.01. The van der Waals surface area contributed by atoms with Gasteiger partial charge in [-0.05, 0) is 40.1 Å². The molecule has 1 atom stereocenters. The number of carbonyl (C=O) groups excluding carboxylic acids is 1. The Hall–Kier alpha value is -1.76. The molecule has 3 heterocycles. The minimum Gasteiger partial charge on any atom is -0.379 e. The van der Waals surface area contributed by atoms with Gasteiger partial charge in [-0.3, -0.25) is 14.7 Å². The smallest absolute Gasteiger partial charge is 0.224 e. The maximum absolute atomic E-state index is 12.2. The van der Waals surface area contributed by atoms with E-state index in [1.807, 2.05) is 29.0 Å². The van der Waals surface area contributed by atoms with Crippen LogP contribution in [0.5, 0.6) is 0 Å². The summed E-state index contributed by atoms with van der Waals surface area (Å²) < 4.78 is 5.44. The molecular weight excluding hydrogens is 310 g/mol. The first-order valence-corrected chi connectivity index (χ1v) is 8.77. The van der Waals surface area contributed by atoms with E-state index < -0.39 is 0 Å². The normalized spacial score (nSPS) is 16.9. The predicted molar refractivity (Wildman–Crippen MR) is 90.4 cm³/mol. The number of aromatic nitrogens is 1. The summed E-state index contributed by atoms with van der Waals surface area (Å²) >= 11 is 1.62. The maximum atomic E-state index is 12.2. The van der Waals surface area contributed by atoms with Crippen molar-refractivity contribution in [3.8, 4) is 0 Å². The van der Waals surface area contributed by atoms with E-state index >= 15 is 0 Å². The fourth-order valence-electron chi connectivity index (χ4n) is 2.78. The van der Waals surface area contributed by atoms with Crippen molar-refractivity contribution < 1.29 is 9.53 Å². The van der Waals surface area contributed by atoms with Crippen LogP contribution in [0.2, 0.25) is 0 Å². The number of nitrogens with zero attached hydrogens (tertiary/aromatic N) is 2. The first-order valence-electron chi connectivity index (χ1n) is 7.82. The molecule has 1 N–H and O–H groups in total. The van der Waals surface area contributed by atoms with Crippen molar-refractivity contribution in [3.63, 3.8) is 0 Å². The fraction of sp³-hybridized carbons (Fsp3) is 0.412. The average molecular weight is 331 g/mol. The number of nitrogens with one attached hydrogen (secondary N) is 1. The Morgan fingerprint density at radius 3 is 2.78 bits per heavy atom. The highest BCUT2D eigenvalue weighted by atomic mass is 32.1. The molecule has 0 radical (unpaired) electrons. The van der Waals surface area contributed by atoms with Crippen molar-refractivity contribution in [2.24, 2.45) is 0 Å². The molecule has 0 aliphatic carbocycles. The summed E-state index contributed by atoms with van der Waals surface area (Å²) in [6.45, 7) is 3.85. The second-order valence-corrected chi connectivity index (χ2v) is 6.34. The highest BCUT2D eigenvalue weighted by Gasteiger charge is 2.23. The van der Waals surface area contributed by atoms with Crippen LogP contribution in [0.3, 0.4) is 0 Å².